The highest BCUT2D eigenvalue weighted by molar-refractivity contribution is 7.89. The van der Waals surface area contributed by atoms with Crippen molar-refractivity contribution >= 4 is 49.9 Å². The van der Waals surface area contributed by atoms with Gasteiger partial charge in [0.15, 0.2) is 0 Å². The third kappa shape index (κ3) is 5.16. The number of ketones is 1. The van der Waals surface area contributed by atoms with E-state index in [4.69, 9.17) is 16.7 Å². The first kappa shape index (κ1) is 22.4. The van der Waals surface area contributed by atoms with Crippen LogP contribution >= 0.6 is 11.6 Å². The van der Waals surface area contributed by atoms with Crippen LogP contribution in [0.3, 0.4) is 0 Å². The van der Waals surface area contributed by atoms with Gasteiger partial charge in [0.1, 0.15) is 16.2 Å². The second-order valence-electron chi connectivity index (χ2n) is 7.74. The maximum Gasteiger partial charge on any atom is 0.240 e. The van der Waals surface area contributed by atoms with Crippen molar-refractivity contribution in [3.05, 3.63) is 53.2 Å². The minimum atomic E-state index is -4.09. The third-order valence-electron chi connectivity index (χ3n) is 5.28. The molecule has 0 aliphatic carbocycles. The van der Waals surface area contributed by atoms with Gasteiger partial charge in [0, 0.05) is 48.2 Å². The highest BCUT2D eigenvalue weighted by Crippen LogP contribution is 2.27. The molecule has 32 heavy (non-hydrogen) atoms. The number of hydrogen-bond acceptors (Lipinski definition) is 6. The maximum absolute atomic E-state index is 12.5. The Hall–Kier alpha value is -2.79. The molecule has 1 fully saturated rings. The first-order chi connectivity index (χ1) is 15.2. The number of nitrogens with zero attached hydrogens (tertiary/aromatic N) is 3. The van der Waals surface area contributed by atoms with Crippen LogP contribution in [-0.4, -0.2) is 47.9 Å². The molecule has 1 aliphatic rings. The smallest absolute Gasteiger partial charge is 0.240 e. The maximum atomic E-state index is 12.5. The summed E-state index contributed by atoms with van der Waals surface area (Å²) in [6.07, 6.45) is 2.72. The van der Waals surface area contributed by atoms with Crippen molar-refractivity contribution in [1.82, 2.24) is 14.7 Å². The standard InChI is InChI=1S/C21H22ClN5O4S/c22-18-4-2-1-3-14(18)10-20(29)24-16-9-15-12-27(13-26-7-5-17(28)6-8-26)25-21(15)19(11-16)32(23,30)31/h1-4,9,11-12H,5-8,10,13H2,(H,24,29)(H2,23,30,31). The van der Waals surface area contributed by atoms with Gasteiger partial charge in [-0.2, -0.15) is 5.10 Å². The van der Waals surface area contributed by atoms with Crippen LogP contribution < -0.4 is 10.5 Å². The fourth-order valence-corrected chi connectivity index (χ4v) is 4.60. The van der Waals surface area contributed by atoms with Crippen molar-refractivity contribution in [2.75, 3.05) is 18.4 Å². The lowest BCUT2D eigenvalue weighted by Crippen LogP contribution is -2.35. The van der Waals surface area contributed by atoms with Gasteiger partial charge in [0.05, 0.1) is 13.1 Å². The van der Waals surface area contributed by atoms with Crippen molar-refractivity contribution < 1.29 is 18.0 Å². The van der Waals surface area contributed by atoms with Crippen LogP contribution in [0.4, 0.5) is 5.69 Å². The average Bonchev–Trinajstić information content (AvgIpc) is 3.12. The van der Waals surface area contributed by atoms with Gasteiger partial charge in [0.25, 0.3) is 0 Å². The van der Waals surface area contributed by atoms with Crippen LogP contribution in [0.2, 0.25) is 5.02 Å². The van der Waals surface area contributed by atoms with Crippen LogP contribution in [0.25, 0.3) is 10.9 Å². The third-order valence-corrected chi connectivity index (χ3v) is 6.57. The lowest BCUT2D eigenvalue weighted by molar-refractivity contribution is -0.121. The second kappa shape index (κ2) is 8.99. The Morgan fingerprint density at radius 1 is 1.19 bits per heavy atom. The van der Waals surface area contributed by atoms with Gasteiger partial charge in [0.2, 0.25) is 15.9 Å². The van der Waals surface area contributed by atoms with Crippen LogP contribution in [0, 0.1) is 0 Å². The minimum Gasteiger partial charge on any atom is -0.326 e. The molecule has 0 atom stereocenters. The van der Waals surface area contributed by atoms with Crippen molar-refractivity contribution in [3.8, 4) is 0 Å². The summed E-state index contributed by atoms with van der Waals surface area (Å²) in [5.41, 5.74) is 1.18. The monoisotopic (exact) mass is 475 g/mol. The molecule has 3 N–H and O–H groups in total. The normalized spacial score (nSPS) is 15.2. The largest absolute Gasteiger partial charge is 0.326 e. The number of rotatable bonds is 6. The van der Waals surface area contributed by atoms with Gasteiger partial charge in [-0.15, -0.1) is 0 Å². The fourth-order valence-electron chi connectivity index (χ4n) is 3.68. The molecular weight excluding hydrogens is 454 g/mol. The molecule has 0 radical (unpaired) electrons. The van der Waals surface area contributed by atoms with E-state index in [1.165, 1.54) is 6.07 Å². The molecule has 9 nitrogen and oxygen atoms in total. The van der Waals surface area contributed by atoms with E-state index in [-0.39, 0.29) is 28.5 Å². The van der Waals surface area contributed by atoms with Crippen LogP contribution in [0.1, 0.15) is 18.4 Å². The Morgan fingerprint density at radius 2 is 1.91 bits per heavy atom. The number of aromatic nitrogens is 2. The zero-order valence-corrected chi connectivity index (χ0v) is 18.7. The van der Waals surface area contributed by atoms with Gasteiger partial charge in [-0.05, 0) is 23.8 Å². The summed E-state index contributed by atoms with van der Waals surface area (Å²) in [6.45, 7) is 1.67. The van der Waals surface area contributed by atoms with Gasteiger partial charge < -0.3 is 5.32 Å². The molecule has 2 heterocycles. The Bertz CT molecular complexity index is 1290. The molecule has 11 heteroatoms. The molecule has 3 aromatic rings. The number of nitrogens with one attached hydrogen (secondary N) is 1. The summed E-state index contributed by atoms with van der Waals surface area (Å²) in [4.78, 5) is 25.9. The minimum absolute atomic E-state index is 0.0371. The summed E-state index contributed by atoms with van der Waals surface area (Å²) < 4.78 is 26.0. The number of sulfonamides is 1. The summed E-state index contributed by atoms with van der Waals surface area (Å²) in [6, 6.07) is 9.96. The SMILES string of the molecule is NS(=O)(=O)c1cc(NC(=O)Cc2ccccc2Cl)cc2cn(CN3CCC(=O)CC3)nc12. The zero-order chi connectivity index (χ0) is 22.9. The van der Waals surface area contributed by atoms with E-state index in [9.17, 15) is 18.0 Å². The molecule has 4 rings (SSSR count). The number of likely N-dealkylation sites (tertiary alicyclic amines) is 1. The Morgan fingerprint density at radius 3 is 2.59 bits per heavy atom. The first-order valence-corrected chi connectivity index (χ1v) is 11.9. The van der Waals surface area contributed by atoms with Crippen LogP contribution in [0.15, 0.2) is 47.5 Å². The molecule has 0 spiro atoms. The lowest BCUT2D eigenvalue weighted by atomic mass is 10.1. The number of fused-ring (bicyclic) bond motifs is 1. The summed E-state index contributed by atoms with van der Waals surface area (Å²) >= 11 is 6.12. The zero-order valence-electron chi connectivity index (χ0n) is 17.1. The molecule has 1 amide bonds. The predicted molar refractivity (Wildman–Crippen MR) is 121 cm³/mol. The number of Topliss-reactive ketones (excluding diaryl/α,β-unsaturated/α-hetero) is 1. The number of carbonyl (C=O) groups is 2. The van der Waals surface area contributed by atoms with E-state index >= 15 is 0 Å². The fraction of sp³-hybridized carbons (Fsp3) is 0.286. The number of amides is 1. The highest BCUT2D eigenvalue weighted by atomic mass is 35.5. The Kier molecular flexibility index (Phi) is 6.29. The topological polar surface area (TPSA) is 127 Å². The molecule has 0 saturated carbocycles. The quantitative estimate of drug-likeness (QED) is 0.562. The highest BCUT2D eigenvalue weighted by Gasteiger charge is 2.21. The number of primary sulfonamides is 1. The number of halogens is 1. The predicted octanol–water partition coefficient (Wildman–Crippen LogP) is 2.14. The molecule has 1 saturated heterocycles. The van der Waals surface area contributed by atoms with E-state index in [0.29, 0.717) is 54.3 Å². The lowest BCUT2D eigenvalue weighted by Gasteiger charge is -2.25. The van der Waals surface area contributed by atoms with Crippen molar-refractivity contribution in [2.24, 2.45) is 5.14 Å². The van der Waals surface area contributed by atoms with E-state index in [1.54, 1.807) is 41.2 Å². The number of benzene rings is 2. The summed E-state index contributed by atoms with van der Waals surface area (Å²) in [7, 11) is -4.09. The first-order valence-electron chi connectivity index (χ1n) is 10.0. The number of piperidine rings is 1. The Balaban J connectivity index is 1.60. The second-order valence-corrected chi connectivity index (χ2v) is 9.68. The van der Waals surface area contributed by atoms with Crippen LogP contribution in [-0.2, 0) is 32.7 Å². The molecule has 0 unspecified atom stereocenters. The van der Waals surface area contributed by atoms with Gasteiger partial charge in [-0.25, -0.2) is 13.6 Å². The molecule has 1 aliphatic heterocycles. The Labute approximate surface area is 190 Å². The molecule has 1 aromatic heterocycles. The molecular formula is C21H22ClN5O4S. The average molecular weight is 476 g/mol. The number of nitrogens with two attached hydrogens (primary N) is 1. The van der Waals surface area contributed by atoms with Crippen molar-refractivity contribution in [1.29, 1.82) is 0 Å². The van der Waals surface area contributed by atoms with Crippen LogP contribution in [0.5, 0.6) is 0 Å². The van der Waals surface area contributed by atoms with E-state index in [1.807, 2.05) is 0 Å². The van der Waals surface area contributed by atoms with E-state index in [0.717, 1.165) is 0 Å². The van der Waals surface area contributed by atoms with Gasteiger partial charge in [-0.1, -0.05) is 29.8 Å². The van der Waals surface area contributed by atoms with E-state index < -0.39 is 10.0 Å². The number of anilines is 1. The van der Waals surface area contributed by atoms with Crippen molar-refractivity contribution in [2.45, 2.75) is 30.8 Å². The van der Waals surface area contributed by atoms with E-state index in [2.05, 4.69) is 15.3 Å². The van der Waals surface area contributed by atoms with Gasteiger partial charge in [-0.3, -0.25) is 19.2 Å². The van der Waals surface area contributed by atoms with Crippen molar-refractivity contribution in [3.63, 3.8) is 0 Å². The van der Waals surface area contributed by atoms with Gasteiger partial charge >= 0.3 is 0 Å². The number of carbonyl (C=O) groups excluding carboxylic acids is 2. The summed E-state index contributed by atoms with van der Waals surface area (Å²) in [5, 5.41) is 13.5. The molecule has 0 bridgehead atoms. The number of hydrogen-bond donors (Lipinski definition) is 2. The summed E-state index contributed by atoms with van der Waals surface area (Å²) in [5.74, 6) is -0.108. The molecule has 2 aromatic carbocycles. The molecule has 168 valence electrons.